The van der Waals surface area contributed by atoms with Crippen molar-refractivity contribution in [3.05, 3.63) is 23.8 Å². The van der Waals surface area contributed by atoms with Crippen molar-refractivity contribution in [1.82, 2.24) is 0 Å². The molecule has 0 spiro atoms. The predicted octanol–water partition coefficient (Wildman–Crippen LogP) is 1.23. The smallest absolute Gasteiger partial charge is 0.262 e. The number of ether oxygens (including phenoxy) is 2. The second-order valence-electron chi connectivity index (χ2n) is 4.59. The Morgan fingerprint density at radius 2 is 2.33 bits per heavy atom. The maximum Gasteiger partial charge on any atom is 0.262 e. The number of aliphatic hydroxyl groups excluding tert-OH is 1. The number of amides is 1. The van der Waals surface area contributed by atoms with E-state index >= 15 is 0 Å². The molecule has 2 aliphatic rings. The highest BCUT2D eigenvalue weighted by Gasteiger charge is 2.26. The number of nitrogens with one attached hydrogen (secondary N) is 1. The summed E-state index contributed by atoms with van der Waals surface area (Å²) >= 11 is 0. The predicted molar refractivity (Wildman–Crippen MR) is 64.5 cm³/mol. The molecule has 0 radical (unpaired) electrons. The van der Waals surface area contributed by atoms with Gasteiger partial charge in [-0.2, -0.15) is 0 Å². The molecule has 0 saturated carbocycles. The minimum atomic E-state index is -0.656. The van der Waals surface area contributed by atoms with Gasteiger partial charge < -0.3 is 19.9 Å². The normalized spacial score (nSPS) is 24.1. The SMILES string of the molecule is O=C1COc2ccc(C(O)C3CCCO3)cc2N1. The van der Waals surface area contributed by atoms with Crippen molar-refractivity contribution < 1.29 is 19.4 Å². The van der Waals surface area contributed by atoms with Crippen LogP contribution in [0.25, 0.3) is 0 Å². The van der Waals surface area contributed by atoms with Crippen LogP contribution in [-0.4, -0.2) is 30.3 Å². The van der Waals surface area contributed by atoms with E-state index in [0.717, 1.165) is 18.4 Å². The number of hydrogen-bond acceptors (Lipinski definition) is 4. The van der Waals surface area contributed by atoms with Crippen LogP contribution in [0.2, 0.25) is 0 Å². The van der Waals surface area contributed by atoms with Gasteiger partial charge in [-0.05, 0) is 30.5 Å². The van der Waals surface area contributed by atoms with E-state index < -0.39 is 6.10 Å². The van der Waals surface area contributed by atoms with Gasteiger partial charge in [0.15, 0.2) is 6.61 Å². The zero-order valence-electron chi connectivity index (χ0n) is 9.89. The molecule has 2 heterocycles. The number of aliphatic hydroxyl groups is 1. The van der Waals surface area contributed by atoms with Crippen molar-refractivity contribution in [2.24, 2.45) is 0 Å². The fourth-order valence-corrected chi connectivity index (χ4v) is 2.35. The Labute approximate surface area is 105 Å². The first-order valence-corrected chi connectivity index (χ1v) is 6.10. The lowest BCUT2D eigenvalue weighted by atomic mass is 10.0. The van der Waals surface area contributed by atoms with Crippen LogP contribution in [0.4, 0.5) is 5.69 Å². The van der Waals surface area contributed by atoms with Crippen LogP contribution in [0.5, 0.6) is 5.75 Å². The highest BCUT2D eigenvalue weighted by molar-refractivity contribution is 5.95. The summed E-state index contributed by atoms with van der Waals surface area (Å²) in [6.07, 6.45) is 1.04. The Morgan fingerprint density at radius 3 is 3.11 bits per heavy atom. The van der Waals surface area contributed by atoms with Gasteiger partial charge in [-0.15, -0.1) is 0 Å². The van der Waals surface area contributed by atoms with Crippen LogP contribution >= 0.6 is 0 Å². The summed E-state index contributed by atoms with van der Waals surface area (Å²) in [6.45, 7) is 0.743. The molecule has 18 heavy (non-hydrogen) atoms. The quantitative estimate of drug-likeness (QED) is 0.827. The third kappa shape index (κ3) is 2.07. The highest BCUT2D eigenvalue weighted by Crippen LogP contribution is 2.33. The Bertz CT molecular complexity index is 468. The molecule has 0 aromatic heterocycles. The Hall–Kier alpha value is -1.59. The second-order valence-corrected chi connectivity index (χ2v) is 4.59. The van der Waals surface area contributed by atoms with E-state index in [1.165, 1.54) is 0 Å². The molecule has 0 bridgehead atoms. The van der Waals surface area contributed by atoms with Crippen LogP contribution in [0, 0.1) is 0 Å². The molecule has 5 nitrogen and oxygen atoms in total. The Morgan fingerprint density at radius 1 is 1.44 bits per heavy atom. The number of benzene rings is 1. The number of fused-ring (bicyclic) bond motifs is 1. The molecule has 5 heteroatoms. The van der Waals surface area contributed by atoms with E-state index in [1.807, 2.05) is 6.07 Å². The van der Waals surface area contributed by atoms with Gasteiger partial charge in [0.2, 0.25) is 0 Å². The van der Waals surface area contributed by atoms with Gasteiger partial charge in [-0.3, -0.25) is 4.79 Å². The second kappa shape index (κ2) is 4.59. The number of carbonyl (C=O) groups is 1. The van der Waals surface area contributed by atoms with Crippen molar-refractivity contribution in [2.75, 3.05) is 18.5 Å². The van der Waals surface area contributed by atoms with Crippen molar-refractivity contribution in [2.45, 2.75) is 25.0 Å². The molecule has 2 aliphatic heterocycles. The summed E-state index contributed by atoms with van der Waals surface area (Å²) in [7, 11) is 0. The Balaban J connectivity index is 1.84. The zero-order chi connectivity index (χ0) is 12.5. The summed E-state index contributed by atoms with van der Waals surface area (Å²) in [5.41, 5.74) is 1.35. The fraction of sp³-hybridized carbons (Fsp3) is 0.462. The van der Waals surface area contributed by atoms with Gasteiger partial charge in [0.1, 0.15) is 11.9 Å². The van der Waals surface area contributed by atoms with Crippen LogP contribution in [0.3, 0.4) is 0 Å². The average molecular weight is 249 g/mol. The molecular weight excluding hydrogens is 234 g/mol. The van der Waals surface area contributed by atoms with Gasteiger partial charge in [0.25, 0.3) is 5.91 Å². The first-order valence-electron chi connectivity index (χ1n) is 6.10. The monoisotopic (exact) mass is 249 g/mol. The minimum absolute atomic E-state index is 0.0423. The summed E-state index contributed by atoms with van der Waals surface area (Å²) in [6, 6.07) is 5.32. The zero-order valence-corrected chi connectivity index (χ0v) is 9.89. The lowest BCUT2D eigenvalue weighted by molar-refractivity contribution is -0.118. The van der Waals surface area contributed by atoms with Crippen LogP contribution in [0.15, 0.2) is 18.2 Å². The maximum atomic E-state index is 11.2. The average Bonchev–Trinajstić information content (AvgIpc) is 2.90. The lowest BCUT2D eigenvalue weighted by Crippen LogP contribution is -2.26. The highest BCUT2D eigenvalue weighted by atomic mass is 16.5. The molecule has 1 aromatic rings. The van der Waals surface area contributed by atoms with Crippen LogP contribution < -0.4 is 10.1 Å². The van der Waals surface area contributed by atoms with Crippen molar-refractivity contribution in [1.29, 1.82) is 0 Å². The van der Waals surface area contributed by atoms with Crippen molar-refractivity contribution in [3.63, 3.8) is 0 Å². The molecule has 2 N–H and O–H groups in total. The fourth-order valence-electron chi connectivity index (χ4n) is 2.35. The number of anilines is 1. The third-order valence-corrected chi connectivity index (χ3v) is 3.30. The molecule has 1 aromatic carbocycles. The molecule has 1 fully saturated rings. The lowest BCUT2D eigenvalue weighted by Gasteiger charge is -2.22. The minimum Gasteiger partial charge on any atom is -0.482 e. The van der Waals surface area contributed by atoms with E-state index in [0.29, 0.717) is 18.0 Å². The van der Waals surface area contributed by atoms with Crippen LogP contribution in [-0.2, 0) is 9.53 Å². The van der Waals surface area contributed by atoms with Gasteiger partial charge in [0.05, 0.1) is 11.8 Å². The summed E-state index contributed by atoms with van der Waals surface area (Å²) in [5, 5.41) is 12.9. The molecule has 96 valence electrons. The first-order chi connectivity index (χ1) is 8.74. The largest absolute Gasteiger partial charge is 0.482 e. The van der Waals surface area contributed by atoms with Crippen molar-refractivity contribution >= 4 is 11.6 Å². The summed E-state index contributed by atoms with van der Waals surface area (Å²) in [5.74, 6) is 0.462. The number of rotatable bonds is 2. The molecule has 1 amide bonds. The van der Waals surface area contributed by atoms with E-state index in [1.54, 1.807) is 12.1 Å². The molecule has 0 aliphatic carbocycles. The van der Waals surface area contributed by atoms with E-state index in [-0.39, 0.29) is 18.6 Å². The van der Waals surface area contributed by atoms with Gasteiger partial charge in [-0.25, -0.2) is 0 Å². The van der Waals surface area contributed by atoms with Gasteiger partial charge >= 0.3 is 0 Å². The van der Waals surface area contributed by atoms with Gasteiger partial charge in [0, 0.05) is 6.61 Å². The van der Waals surface area contributed by atoms with E-state index in [9.17, 15) is 9.90 Å². The molecule has 3 rings (SSSR count). The number of hydrogen-bond donors (Lipinski definition) is 2. The third-order valence-electron chi connectivity index (χ3n) is 3.30. The molecular formula is C13H15NO4. The van der Waals surface area contributed by atoms with E-state index in [4.69, 9.17) is 9.47 Å². The topological polar surface area (TPSA) is 67.8 Å². The van der Waals surface area contributed by atoms with Crippen LogP contribution in [0.1, 0.15) is 24.5 Å². The summed E-state index contributed by atoms with van der Waals surface area (Å²) in [4.78, 5) is 11.2. The Kier molecular flexibility index (Phi) is 2.93. The van der Waals surface area contributed by atoms with Gasteiger partial charge in [-0.1, -0.05) is 6.07 Å². The van der Waals surface area contributed by atoms with E-state index in [2.05, 4.69) is 5.32 Å². The standard InChI is InChI=1S/C13H15NO4/c15-12-7-18-10-4-3-8(6-9(10)14-12)13(16)11-2-1-5-17-11/h3-4,6,11,13,16H,1-2,5,7H2,(H,14,15). The molecule has 2 unspecified atom stereocenters. The molecule has 2 atom stereocenters. The van der Waals surface area contributed by atoms with Crippen molar-refractivity contribution in [3.8, 4) is 5.75 Å². The maximum absolute atomic E-state index is 11.2. The number of carbonyl (C=O) groups excluding carboxylic acids is 1. The molecule has 1 saturated heterocycles. The first kappa shape index (κ1) is 11.5. The summed E-state index contributed by atoms with van der Waals surface area (Å²) < 4.78 is 10.7.